The highest BCUT2D eigenvalue weighted by atomic mass is 19.4. The molecule has 4 atom stereocenters. The Hall–Kier alpha value is -3.32. The van der Waals surface area contributed by atoms with E-state index in [2.05, 4.69) is 10.3 Å². The number of nitrogens with two attached hydrogens (primary N) is 1. The Morgan fingerprint density at radius 3 is 2.43 bits per heavy atom. The smallest absolute Gasteiger partial charge is 0.417 e. The Kier molecular flexibility index (Phi) is 6.88. The van der Waals surface area contributed by atoms with E-state index in [-0.39, 0.29) is 29.8 Å². The summed E-state index contributed by atoms with van der Waals surface area (Å²) in [6, 6.07) is 4.29. The zero-order chi connectivity index (χ0) is 27.3. The number of ether oxygens (including phenoxy) is 2. The maximum Gasteiger partial charge on any atom is 0.417 e. The molecule has 1 aliphatic heterocycles. The van der Waals surface area contributed by atoms with Crippen LogP contribution in [-0.4, -0.2) is 52.0 Å². The fourth-order valence-electron chi connectivity index (χ4n) is 4.58. The first-order chi connectivity index (χ1) is 17.2. The van der Waals surface area contributed by atoms with Gasteiger partial charge in [0.25, 0.3) is 11.8 Å². The van der Waals surface area contributed by atoms with Crippen molar-refractivity contribution >= 4 is 17.5 Å². The fourth-order valence-corrected chi connectivity index (χ4v) is 4.58. The van der Waals surface area contributed by atoms with Crippen LogP contribution in [0.1, 0.15) is 48.7 Å². The third-order valence-electron chi connectivity index (χ3n) is 7.00. The molecule has 1 saturated heterocycles. The van der Waals surface area contributed by atoms with E-state index in [1.54, 1.807) is 0 Å². The summed E-state index contributed by atoms with van der Waals surface area (Å²) >= 11 is 0. The highest BCUT2D eigenvalue weighted by molar-refractivity contribution is 5.96. The van der Waals surface area contributed by atoms with E-state index in [0.717, 1.165) is 25.3 Å². The molecule has 1 aliphatic carbocycles. The van der Waals surface area contributed by atoms with Crippen molar-refractivity contribution in [2.24, 2.45) is 11.7 Å². The molecule has 37 heavy (non-hydrogen) atoms. The third kappa shape index (κ3) is 4.85. The monoisotopic (exact) mass is 529 g/mol. The summed E-state index contributed by atoms with van der Waals surface area (Å²) in [6.45, 7) is 1.98. The van der Waals surface area contributed by atoms with Crippen molar-refractivity contribution in [3.05, 3.63) is 53.4 Å². The first-order valence-electron chi connectivity index (χ1n) is 11.4. The number of alkyl halides is 3. The predicted molar refractivity (Wildman–Crippen MR) is 119 cm³/mol. The number of hydrogen-bond donors (Lipinski definition) is 3. The molecule has 0 spiro atoms. The molecule has 2 fully saturated rings. The number of carbonyl (C=O) groups is 2. The highest BCUT2D eigenvalue weighted by Crippen LogP contribution is 2.55. The quantitative estimate of drug-likeness (QED) is 0.493. The number of hydrogen-bond acceptors (Lipinski definition) is 6. The molecule has 200 valence electrons. The molecule has 1 aromatic heterocycles. The lowest BCUT2D eigenvalue weighted by molar-refractivity contribution is -0.272. The fraction of sp³-hybridized carbons (Fsp3) is 0.458. The second-order valence-corrected chi connectivity index (χ2v) is 9.39. The van der Waals surface area contributed by atoms with Gasteiger partial charge in [0.1, 0.15) is 17.9 Å². The second-order valence-electron chi connectivity index (χ2n) is 9.39. The van der Waals surface area contributed by atoms with Crippen LogP contribution in [0.15, 0.2) is 30.5 Å². The summed E-state index contributed by atoms with van der Waals surface area (Å²) in [5.41, 5.74) is 2.07. The van der Waals surface area contributed by atoms with Crippen LogP contribution >= 0.6 is 0 Å². The summed E-state index contributed by atoms with van der Waals surface area (Å²) in [6.07, 6.45) is -6.74. The molecule has 0 radical (unpaired) electrons. The van der Waals surface area contributed by atoms with Crippen LogP contribution in [0.5, 0.6) is 5.75 Å². The number of nitrogens with zero attached hydrogens (tertiary/aromatic N) is 1. The Morgan fingerprint density at radius 2 is 1.89 bits per heavy atom. The number of primary amides is 1. The van der Waals surface area contributed by atoms with Gasteiger partial charge >= 0.3 is 6.18 Å². The number of nitrogens with one attached hydrogen (secondary N) is 1. The van der Waals surface area contributed by atoms with Crippen LogP contribution in [0.2, 0.25) is 0 Å². The van der Waals surface area contributed by atoms with Gasteiger partial charge < -0.3 is 25.6 Å². The van der Waals surface area contributed by atoms with Gasteiger partial charge in [0.2, 0.25) is 5.82 Å². The summed E-state index contributed by atoms with van der Waals surface area (Å²) in [4.78, 5) is 28.2. The summed E-state index contributed by atoms with van der Waals surface area (Å²) in [5.74, 6) is -8.00. The van der Waals surface area contributed by atoms with Crippen molar-refractivity contribution in [2.45, 2.75) is 62.7 Å². The van der Waals surface area contributed by atoms with Gasteiger partial charge in [-0.1, -0.05) is 13.0 Å². The predicted octanol–water partition coefficient (Wildman–Crippen LogP) is 3.44. The van der Waals surface area contributed by atoms with Crippen LogP contribution in [0.4, 0.5) is 27.6 Å². The molecule has 0 unspecified atom stereocenters. The van der Waals surface area contributed by atoms with E-state index < -0.39 is 71.1 Å². The van der Waals surface area contributed by atoms with Crippen LogP contribution in [0.3, 0.4) is 0 Å². The van der Waals surface area contributed by atoms with Gasteiger partial charge in [0.05, 0.1) is 18.0 Å². The van der Waals surface area contributed by atoms with Crippen LogP contribution in [-0.2, 0) is 9.53 Å². The average Bonchev–Trinajstić information content (AvgIpc) is 3.08. The highest BCUT2D eigenvalue weighted by Gasteiger charge is 2.66. The number of aliphatic hydroxyl groups is 1. The Labute approximate surface area is 208 Å². The molecule has 0 bridgehead atoms. The number of pyridine rings is 1. The molecule has 2 aromatic rings. The standard InChI is InChI=1S/C24H24F5N3O5/c1-10-17(14-4-5-15(25)18(26)19(14)36-13-7-12(33)8-13)20(37-23(10,2)24(27,28)29)22(35)32-11-3-6-16(21(30)34)31-9-11/h3-6,9-10,12-13,17,20,33H,7-8H2,1-2H3,(H2,30,34)(H,32,35)/t10-,12-,13+,17-,20+,23+/m0/s1. The van der Waals surface area contributed by atoms with Crippen molar-refractivity contribution in [3.8, 4) is 5.75 Å². The molecular formula is C24H24F5N3O5. The third-order valence-corrected chi connectivity index (χ3v) is 7.00. The van der Waals surface area contributed by atoms with Gasteiger partial charge in [-0.3, -0.25) is 9.59 Å². The number of aromatic nitrogens is 1. The maximum atomic E-state index is 14.9. The molecule has 2 amide bonds. The number of carbonyl (C=O) groups excluding carboxylic acids is 2. The van der Waals surface area contributed by atoms with E-state index in [0.29, 0.717) is 0 Å². The number of halogens is 5. The van der Waals surface area contributed by atoms with Gasteiger partial charge in [0, 0.05) is 30.2 Å². The average molecular weight is 529 g/mol. The lowest BCUT2D eigenvalue weighted by atomic mass is 9.76. The van der Waals surface area contributed by atoms with Crippen LogP contribution in [0.25, 0.3) is 0 Å². The van der Waals surface area contributed by atoms with Crippen molar-refractivity contribution in [1.82, 2.24) is 4.98 Å². The topological polar surface area (TPSA) is 124 Å². The Balaban J connectivity index is 1.73. The van der Waals surface area contributed by atoms with Crippen LogP contribution < -0.4 is 15.8 Å². The largest absolute Gasteiger partial charge is 0.487 e. The Morgan fingerprint density at radius 1 is 1.22 bits per heavy atom. The lowest BCUT2D eigenvalue weighted by Crippen LogP contribution is -2.47. The summed E-state index contributed by atoms with van der Waals surface area (Å²) < 4.78 is 82.3. The zero-order valence-corrected chi connectivity index (χ0v) is 19.7. The second kappa shape index (κ2) is 9.53. The number of anilines is 1. The molecule has 8 nitrogen and oxygen atoms in total. The number of aliphatic hydroxyl groups excluding tert-OH is 1. The summed E-state index contributed by atoms with van der Waals surface area (Å²) in [5, 5.41) is 11.9. The van der Waals surface area contributed by atoms with Gasteiger partial charge in [-0.25, -0.2) is 9.37 Å². The molecule has 1 aromatic carbocycles. The molecule has 13 heteroatoms. The van der Waals surface area contributed by atoms with Crippen molar-refractivity contribution in [2.75, 3.05) is 5.32 Å². The van der Waals surface area contributed by atoms with Crippen molar-refractivity contribution in [3.63, 3.8) is 0 Å². The molecule has 2 heterocycles. The summed E-state index contributed by atoms with van der Waals surface area (Å²) in [7, 11) is 0. The normalized spacial score (nSPS) is 29.5. The van der Waals surface area contributed by atoms with Crippen molar-refractivity contribution in [1.29, 1.82) is 0 Å². The van der Waals surface area contributed by atoms with Gasteiger partial charge in [-0.2, -0.15) is 17.6 Å². The first-order valence-corrected chi connectivity index (χ1v) is 11.4. The SMILES string of the molecule is C[C@H]1[C@@H](c2ccc(F)c(F)c2O[C@H]2C[C@@H](O)C2)[C@H](C(=O)Nc2ccc(C(N)=O)nc2)O[C@@]1(C)C(F)(F)F. The van der Waals surface area contributed by atoms with E-state index in [1.807, 2.05) is 0 Å². The van der Waals surface area contributed by atoms with Gasteiger partial charge in [0.15, 0.2) is 17.2 Å². The zero-order valence-electron chi connectivity index (χ0n) is 19.7. The lowest BCUT2D eigenvalue weighted by Gasteiger charge is -2.34. The molecule has 1 saturated carbocycles. The van der Waals surface area contributed by atoms with E-state index in [1.165, 1.54) is 19.1 Å². The number of benzene rings is 1. The van der Waals surface area contributed by atoms with Gasteiger partial charge in [-0.15, -0.1) is 0 Å². The first kappa shape index (κ1) is 26.7. The minimum Gasteiger partial charge on any atom is -0.487 e. The molecule has 4 rings (SSSR count). The number of rotatable bonds is 6. The molecule has 4 N–H and O–H groups in total. The van der Waals surface area contributed by atoms with Crippen molar-refractivity contribution < 1.29 is 46.1 Å². The van der Waals surface area contributed by atoms with E-state index in [9.17, 15) is 36.6 Å². The van der Waals surface area contributed by atoms with Gasteiger partial charge in [-0.05, 0) is 25.1 Å². The Bertz CT molecular complexity index is 1200. The van der Waals surface area contributed by atoms with Crippen LogP contribution in [0, 0.1) is 17.6 Å². The van der Waals surface area contributed by atoms with E-state index in [4.69, 9.17) is 15.2 Å². The maximum absolute atomic E-state index is 14.9. The molecular weight excluding hydrogens is 505 g/mol. The minimum absolute atomic E-state index is 0.0378. The number of amides is 2. The minimum atomic E-state index is -4.91. The molecule has 2 aliphatic rings. The van der Waals surface area contributed by atoms with E-state index >= 15 is 0 Å².